The number of hydrogen-bond donors (Lipinski definition) is 0. The normalized spacial score (nSPS) is 15.6. The maximum Gasteiger partial charge on any atom is 0.128 e. The summed E-state index contributed by atoms with van der Waals surface area (Å²) in [5.41, 5.74) is 2.53. The van der Waals surface area contributed by atoms with E-state index in [1.54, 1.807) is 0 Å². The summed E-state index contributed by atoms with van der Waals surface area (Å²) >= 11 is 0. The van der Waals surface area contributed by atoms with Crippen LogP contribution in [0.5, 0.6) is 0 Å². The van der Waals surface area contributed by atoms with Gasteiger partial charge in [-0.05, 0) is 30.7 Å². The Morgan fingerprint density at radius 1 is 0.842 bits per heavy atom. The molecule has 2 aromatic rings. The topological polar surface area (TPSA) is 19.4 Å². The monoisotopic (exact) mass is 253 g/mol. The third-order valence-electron chi connectivity index (χ3n) is 3.62. The van der Waals surface area contributed by atoms with Gasteiger partial charge in [0, 0.05) is 38.1 Å². The Bertz CT molecular complexity index is 513. The fourth-order valence-corrected chi connectivity index (χ4v) is 2.48. The molecule has 1 aromatic heterocycles. The second-order valence-corrected chi connectivity index (χ2v) is 5.00. The standard InChI is InChI=1S/C16H19N3/c1-14-7-8-16(17-13-14)19-11-9-18(10-12-19)15-5-3-2-4-6-15/h2-8,13H,9-12H2,1H3. The average Bonchev–Trinajstić information content (AvgIpc) is 2.49. The maximum atomic E-state index is 4.51. The number of rotatable bonds is 2. The molecule has 19 heavy (non-hydrogen) atoms. The highest BCUT2D eigenvalue weighted by atomic mass is 15.3. The number of aromatic nitrogens is 1. The minimum absolute atomic E-state index is 1.03. The largest absolute Gasteiger partial charge is 0.368 e. The molecule has 1 saturated heterocycles. The first-order valence-corrected chi connectivity index (χ1v) is 6.80. The molecule has 1 aliphatic rings. The van der Waals surface area contributed by atoms with Crippen LogP contribution in [0, 0.1) is 6.92 Å². The molecule has 0 unspecified atom stereocenters. The number of para-hydroxylation sites is 1. The van der Waals surface area contributed by atoms with Crippen LogP contribution in [0.3, 0.4) is 0 Å². The summed E-state index contributed by atoms with van der Waals surface area (Å²) in [7, 11) is 0. The molecule has 1 aromatic carbocycles. The zero-order valence-electron chi connectivity index (χ0n) is 11.3. The van der Waals surface area contributed by atoms with Crippen LogP contribution in [-0.2, 0) is 0 Å². The van der Waals surface area contributed by atoms with Crippen molar-refractivity contribution in [2.24, 2.45) is 0 Å². The molecular weight excluding hydrogens is 234 g/mol. The molecule has 0 spiro atoms. The van der Waals surface area contributed by atoms with Gasteiger partial charge in [-0.1, -0.05) is 24.3 Å². The molecule has 3 heteroatoms. The summed E-state index contributed by atoms with van der Waals surface area (Å²) < 4.78 is 0. The van der Waals surface area contributed by atoms with Gasteiger partial charge in [0.15, 0.2) is 0 Å². The van der Waals surface area contributed by atoms with E-state index in [-0.39, 0.29) is 0 Å². The lowest BCUT2D eigenvalue weighted by atomic mass is 10.2. The van der Waals surface area contributed by atoms with Crippen molar-refractivity contribution < 1.29 is 0 Å². The smallest absolute Gasteiger partial charge is 0.128 e. The van der Waals surface area contributed by atoms with Crippen LogP contribution in [-0.4, -0.2) is 31.2 Å². The Balaban J connectivity index is 1.65. The first-order chi connectivity index (χ1) is 9.33. The molecule has 0 atom stereocenters. The van der Waals surface area contributed by atoms with Gasteiger partial charge in [-0.15, -0.1) is 0 Å². The van der Waals surface area contributed by atoms with E-state index in [0.29, 0.717) is 0 Å². The minimum atomic E-state index is 1.03. The molecule has 2 heterocycles. The van der Waals surface area contributed by atoms with Gasteiger partial charge in [0.1, 0.15) is 5.82 Å². The van der Waals surface area contributed by atoms with Crippen LogP contribution in [0.4, 0.5) is 11.5 Å². The Kier molecular flexibility index (Phi) is 3.36. The Labute approximate surface area is 114 Å². The third kappa shape index (κ3) is 2.70. The van der Waals surface area contributed by atoms with E-state index in [4.69, 9.17) is 0 Å². The zero-order valence-corrected chi connectivity index (χ0v) is 11.3. The lowest BCUT2D eigenvalue weighted by Gasteiger charge is -2.36. The molecule has 1 aliphatic heterocycles. The summed E-state index contributed by atoms with van der Waals surface area (Å²) in [6.45, 7) is 6.25. The molecule has 0 saturated carbocycles. The lowest BCUT2D eigenvalue weighted by Crippen LogP contribution is -2.46. The zero-order chi connectivity index (χ0) is 13.1. The summed E-state index contributed by atoms with van der Waals surface area (Å²) in [6.07, 6.45) is 1.94. The van der Waals surface area contributed by atoms with Crippen molar-refractivity contribution in [3.05, 3.63) is 54.2 Å². The number of nitrogens with zero attached hydrogens (tertiary/aromatic N) is 3. The molecule has 0 aliphatic carbocycles. The highest BCUT2D eigenvalue weighted by molar-refractivity contribution is 5.49. The number of pyridine rings is 1. The van der Waals surface area contributed by atoms with Crippen molar-refractivity contribution in [3.63, 3.8) is 0 Å². The second kappa shape index (κ2) is 5.31. The van der Waals surface area contributed by atoms with Gasteiger partial charge in [0.25, 0.3) is 0 Å². The molecule has 1 fully saturated rings. The second-order valence-electron chi connectivity index (χ2n) is 5.00. The predicted molar refractivity (Wildman–Crippen MR) is 79.8 cm³/mol. The van der Waals surface area contributed by atoms with Crippen molar-refractivity contribution in [2.45, 2.75) is 6.92 Å². The van der Waals surface area contributed by atoms with Crippen LogP contribution >= 0.6 is 0 Å². The van der Waals surface area contributed by atoms with Gasteiger partial charge in [0.05, 0.1) is 0 Å². The summed E-state index contributed by atoms with van der Waals surface area (Å²) in [4.78, 5) is 9.30. The first kappa shape index (κ1) is 12.0. The highest BCUT2D eigenvalue weighted by Crippen LogP contribution is 2.18. The van der Waals surface area contributed by atoms with Crippen molar-refractivity contribution in [2.75, 3.05) is 36.0 Å². The number of aryl methyl sites for hydroxylation is 1. The number of piperazine rings is 1. The molecule has 3 rings (SSSR count). The first-order valence-electron chi connectivity index (χ1n) is 6.80. The van der Waals surface area contributed by atoms with Gasteiger partial charge in [-0.25, -0.2) is 4.98 Å². The molecule has 3 nitrogen and oxygen atoms in total. The van der Waals surface area contributed by atoms with E-state index in [1.165, 1.54) is 11.3 Å². The molecule has 98 valence electrons. The minimum Gasteiger partial charge on any atom is -0.368 e. The van der Waals surface area contributed by atoms with Crippen LogP contribution in [0.15, 0.2) is 48.7 Å². The lowest BCUT2D eigenvalue weighted by molar-refractivity contribution is 0.647. The summed E-state index contributed by atoms with van der Waals surface area (Å²) in [5.74, 6) is 1.10. The fourth-order valence-electron chi connectivity index (χ4n) is 2.48. The van der Waals surface area contributed by atoms with Crippen molar-refractivity contribution >= 4 is 11.5 Å². The Hall–Kier alpha value is -2.03. The van der Waals surface area contributed by atoms with Gasteiger partial charge < -0.3 is 9.80 Å². The van der Waals surface area contributed by atoms with E-state index < -0.39 is 0 Å². The molecule has 0 N–H and O–H groups in total. The number of benzene rings is 1. The van der Waals surface area contributed by atoms with E-state index in [0.717, 1.165) is 32.0 Å². The van der Waals surface area contributed by atoms with Crippen molar-refractivity contribution in [3.8, 4) is 0 Å². The highest BCUT2D eigenvalue weighted by Gasteiger charge is 2.17. The van der Waals surface area contributed by atoms with E-state index in [9.17, 15) is 0 Å². The Morgan fingerprint density at radius 2 is 1.53 bits per heavy atom. The summed E-state index contributed by atoms with van der Waals surface area (Å²) in [6, 6.07) is 14.9. The Morgan fingerprint density at radius 3 is 2.16 bits per heavy atom. The quantitative estimate of drug-likeness (QED) is 0.820. The van der Waals surface area contributed by atoms with Crippen LogP contribution in [0.2, 0.25) is 0 Å². The van der Waals surface area contributed by atoms with Gasteiger partial charge in [0.2, 0.25) is 0 Å². The van der Waals surface area contributed by atoms with E-state index in [2.05, 4.69) is 64.2 Å². The molecule has 0 bridgehead atoms. The maximum absolute atomic E-state index is 4.51. The van der Waals surface area contributed by atoms with Crippen LogP contribution in [0.1, 0.15) is 5.56 Å². The van der Waals surface area contributed by atoms with Crippen LogP contribution in [0.25, 0.3) is 0 Å². The average molecular weight is 253 g/mol. The van der Waals surface area contributed by atoms with Crippen molar-refractivity contribution in [1.29, 1.82) is 0 Å². The molecular formula is C16H19N3. The number of hydrogen-bond acceptors (Lipinski definition) is 3. The summed E-state index contributed by atoms with van der Waals surface area (Å²) in [5, 5.41) is 0. The fraction of sp³-hybridized carbons (Fsp3) is 0.312. The third-order valence-corrected chi connectivity index (χ3v) is 3.62. The van der Waals surface area contributed by atoms with Crippen molar-refractivity contribution in [1.82, 2.24) is 4.98 Å². The van der Waals surface area contributed by atoms with Gasteiger partial charge in [-0.2, -0.15) is 0 Å². The van der Waals surface area contributed by atoms with E-state index >= 15 is 0 Å². The SMILES string of the molecule is Cc1ccc(N2CCN(c3ccccc3)CC2)nc1. The number of anilines is 2. The van der Waals surface area contributed by atoms with Gasteiger partial charge in [-0.3, -0.25) is 0 Å². The molecule has 0 amide bonds. The van der Waals surface area contributed by atoms with E-state index in [1.807, 2.05) is 6.20 Å². The molecule has 0 radical (unpaired) electrons. The van der Waals surface area contributed by atoms with Crippen LogP contribution < -0.4 is 9.80 Å². The van der Waals surface area contributed by atoms with Gasteiger partial charge >= 0.3 is 0 Å². The predicted octanol–water partition coefficient (Wildman–Crippen LogP) is 2.72.